The summed E-state index contributed by atoms with van der Waals surface area (Å²) in [7, 11) is -1.84. The van der Waals surface area contributed by atoms with Crippen LogP contribution >= 0.6 is 15.9 Å². The van der Waals surface area contributed by atoms with Crippen LogP contribution in [0.5, 0.6) is 0 Å². The molecule has 1 heterocycles. The van der Waals surface area contributed by atoms with Gasteiger partial charge in [-0.3, -0.25) is 4.72 Å². The van der Waals surface area contributed by atoms with Crippen molar-refractivity contribution >= 4 is 31.8 Å². The summed E-state index contributed by atoms with van der Waals surface area (Å²) in [4.78, 5) is 0. The Hall–Kier alpha value is -0.700. The molecule has 0 atom stereocenters. The zero-order chi connectivity index (χ0) is 15.5. The third kappa shape index (κ3) is 4.15. The molecule has 2 N–H and O–H groups in total. The van der Waals surface area contributed by atoms with Crippen molar-refractivity contribution in [1.82, 2.24) is 9.62 Å². The Balaban J connectivity index is 2.06. The van der Waals surface area contributed by atoms with E-state index in [0.717, 1.165) is 19.4 Å². The van der Waals surface area contributed by atoms with Crippen LogP contribution in [-0.4, -0.2) is 39.4 Å². The molecule has 21 heavy (non-hydrogen) atoms. The molecule has 2 rings (SSSR count). The minimum atomic E-state index is -3.73. The molecule has 0 bridgehead atoms. The highest BCUT2D eigenvalue weighted by Gasteiger charge is 2.28. The molecular weight excluding hydrogens is 361 g/mol. The zero-order valence-electron chi connectivity index (χ0n) is 11.8. The molecule has 0 radical (unpaired) electrons. The Morgan fingerprint density at radius 3 is 2.62 bits per heavy atom. The van der Waals surface area contributed by atoms with E-state index in [4.69, 9.17) is 0 Å². The monoisotopic (exact) mass is 379 g/mol. The average molecular weight is 380 g/mol. The molecule has 1 saturated heterocycles. The second kappa shape index (κ2) is 7.04. The summed E-state index contributed by atoms with van der Waals surface area (Å²) in [6.45, 7) is 1.79. The summed E-state index contributed by atoms with van der Waals surface area (Å²) in [5.41, 5.74) is -0.0464. The molecule has 1 aliphatic heterocycles. The Labute approximate surface area is 133 Å². The van der Waals surface area contributed by atoms with Crippen LogP contribution in [0.2, 0.25) is 0 Å². The number of nitrogens with one attached hydrogen (secondary N) is 2. The summed E-state index contributed by atoms with van der Waals surface area (Å²) < 4.78 is 42.5. The van der Waals surface area contributed by atoms with Gasteiger partial charge in [0.05, 0.1) is 5.69 Å². The standard InChI is InChI=1S/C13H19BrFN3O2S/c1-16-9-10-5-7-18(8-6-10)21(19,20)17-13-11(14)3-2-4-12(13)15/h2-4,10,16-17H,5-9H2,1H3. The van der Waals surface area contributed by atoms with Crippen molar-refractivity contribution in [1.29, 1.82) is 0 Å². The third-order valence-electron chi connectivity index (χ3n) is 3.60. The number of piperidine rings is 1. The fourth-order valence-electron chi connectivity index (χ4n) is 2.43. The molecule has 1 aromatic rings. The van der Waals surface area contributed by atoms with Gasteiger partial charge in [-0.25, -0.2) is 4.39 Å². The van der Waals surface area contributed by atoms with Crippen LogP contribution < -0.4 is 10.0 Å². The van der Waals surface area contributed by atoms with Crippen LogP contribution in [0.25, 0.3) is 0 Å². The van der Waals surface area contributed by atoms with E-state index in [-0.39, 0.29) is 5.69 Å². The summed E-state index contributed by atoms with van der Waals surface area (Å²) in [5, 5.41) is 3.11. The fourth-order valence-corrected chi connectivity index (χ4v) is 4.29. The van der Waals surface area contributed by atoms with E-state index < -0.39 is 16.0 Å². The van der Waals surface area contributed by atoms with Crippen LogP contribution in [0.3, 0.4) is 0 Å². The normalized spacial score (nSPS) is 17.9. The minimum Gasteiger partial charge on any atom is -0.319 e. The van der Waals surface area contributed by atoms with Gasteiger partial charge in [0.2, 0.25) is 0 Å². The van der Waals surface area contributed by atoms with E-state index in [1.165, 1.54) is 16.4 Å². The number of para-hydroxylation sites is 1. The number of rotatable bonds is 5. The number of nitrogens with zero attached hydrogens (tertiary/aromatic N) is 1. The molecule has 0 spiro atoms. The van der Waals surface area contributed by atoms with Crippen molar-refractivity contribution in [3.63, 3.8) is 0 Å². The van der Waals surface area contributed by atoms with Gasteiger partial charge in [-0.15, -0.1) is 0 Å². The number of benzene rings is 1. The summed E-state index contributed by atoms with van der Waals surface area (Å²) in [6.07, 6.45) is 1.61. The lowest BCUT2D eigenvalue weighted by atomic mass is 9.98. The first-order chi connectivity index (χ1) is 9.94. The highest BCUT2D eigenvalue weighted by atomic mass is 79.9. The molecule has 1 aliphatic rings. The van der Waals surface area contributed by atoms with Gasteiger partial charge in [-0.1, -0.05) is 6.07 Å². The van der Waals surface area contributed by atoms with E-state index in [0.29, 0.717) is 23.5 Å². The Kier molecular flexibility index (Phi) is 5.59. The zero-order valence-corrected chi connectivity index (χ0v) is 14.2. The van der Waals surface area contributed by atoms with Crippen LogP contribution in [0.15, 0.2) is 22.7 Å². The molecule has 0 saturated carbocycles. The lowest BCUT2D eigenvalue weighted by molar-refractivity contribution is 0.272. The van der Waals surface area contributed by atoms with Crippen molar-refractivity contribution < 1.29 is 12.8 Å². The van der Waals surface area contributed by atoms with Gasteiger partial charge >= 0.3 is 10.2 Å². The lowest BCUT2D eigenvalue weighted by Gasteiger charge is -2.31. The number of hydrogen-bond acceptors (Lipinski definition) is 3. The first kappa shape index (κ1) is 16.7. The van der Waals surface area contributed by atoms with Gasteiger partial charge < -0.3 is 5.32 Å². The van der Waals surface area contributed by atoms with Crippen molar-refractivity contribution in [2.24, 2.45) is 5.92 Å². The van der Waals surface area contributed by atoms with Crippen LogP contribution in [-0.2, 0) is 10.2 Å². The summed E-state index contributed by atoms with van der Waals surface area (Å²) in [6, 6.07) is 4.34. The summed E-state index contributed by atoms with van der Waals surface area (Å²) >= 11 is 3.16. The maximum Gasteiger partial charge on any atom is 0.301 e. The van der Waals surface area contributed by atoms with E-state index in [1.54, 1.807) is 6.07 Å². The second-order valence-corrected chi connectivity index (χ2v) is 7.63. The maximum atomic E-state index is 13.7. The highest BCUT2D eigenvalue weighted by Crippen LogP contribution is 2.28. The topological polar surface area (TPSA) is 61.4 Å². The van der Waals surface area contributed by atoms with Crippen LogP contribution in [0.1, 0.15) is 12.8 Å². The number of hydrogen-bond donors (Lipinski definition) is 2. The Morgan fingerprint density at radius 1 is 1.38 bits per heavy atom. The predicted molar refractivity (Wildman–Crippen MR) is 84.9 cm³/mol. The molecule has 0 unspecified atom stereocenters. The quantitative estimate of drug-likeness (QED) is 0.823. The Bertz CT molecular complexity index is 569. The molecular formula is C13H19BrFN3O2S. The number of anilines is 1. The second-order valence-electron chi connectivity index (χ2n) is 5.10. The van der Waals surface area contributed by atoms with Gasteiger partial charge in [0, 0.05) is 17.6 Å². The number of halogens is 2. The smallest absolute Gasteiger partial charge is 0.301 e. The largest absolute Gasteiger partial charge is 0.319 e. The van der Waals surface area contributed by atoms with Gasteiger partial charge in [-0.05, 0) is 60.4 Å². The third-order valence-corrected chi connectivity index (χ3v) is 5.77. The molecule has 1 fully saturated rings. The Morgan fingerprint density at radius 2 is 2.05 bits per heavy atom. The van der Waals surface area contributed by atoms with Crippen molar-refractivity contribution in [2.75, 3.05) is 31.4 Å². The van der Waals surface area contributed by atoms with Crippen molar-refractivity contribution in [2.45, 2.75) is 12.8 Å². The minimum absolute atomic E-state index is 0.0464. The molecule has 0 amide bonds. The fraction of sp³-hybridized carbons (Fsp3) is 0.538. The van der Waals surface area contributed by atoms with Gasteiger partial charge in [0.15, 0.2) is 0 Å². The maximum absolute atomic E-state index is 13.7. The lowest BCUT2D eigenvalue weighted by Crippen LogP contribution is -2.43. The van der Waals surface area contributed by atoms with Crippen LogP contribution in [0.4, 0.5) is 10.1 Å². The highest BCUT2D eigenvalue weighted by molar-refractivity contribution is 9.10. The molecule has 0 aromatic heterocycles. The van der Waals surface area contributed by atoms with E-state index in [1.807, 2.05) is 7.05 Å². The molecule has 118 valence electrons. The molecule has 1 aromatic carbocycles. The predicted octanol–water partition coefficient (Wildman–Crippen LogP) is 2.18. The van der Waals surface area contributed by atoms with E-state index >= 15 is 0 Å². The van der Waals surface area contributed by atoms with Gasteiger partial charge in [0.1, 0.15) is 5.82 Å². The average Bonchev–Trinajstić information content (AvgIpc) is 2.44. The van der Waals surface area contributed by atoms with Crippen molar-refractivity contribution in [3.8, 4) is 0 Å². The van der Waals surface area contributed by atoms with E-state index in [2.05, 4.69) is 26.0 Å². The first-order valence-corrected chi connectivity index (χ1v) is 9.04. The molecule has 0 aliphatic carbocycles. The molecule has 5 nitrogen and oxygen atoms in total. The van der Waals surface area contributed by atoms with Gasteiger partial charge in [-0.2, -0.15) is 12.7 Å². The van der Waals surface area contributed by atoms with Gasteiger partial charge in [0.25, 0.3) is 0 Å². The SMILES string of the molecule is CNCC1CCN(S(=O)(=O)Nc2c(F)cccc2Br)CC1. The van der Waals surface area contributed by atoms with Crippen LogP contribution in [0, 0.1) is 11.7 Å². The molecule has 8 heteroatoms. The van der Waals surface area contributed by atoms with E-state index in [9.17, 15) is 12.8 Å². The summed E-state index contributed by atoms with van der Waals surface area (Å²) in [5.74, 6) is -0.111. The van der Waals surface area contributed by atoms with Crippen molar-refractivity contribution in [3.05, 3.63) is 28.5 Å². The first-order valence-electron chi connectivity index (χ1n) is 6.80.